The third kappa shape index (κ3) is 36.1. The molecule has 0 N–H and O–H groups in total. The Balaban J connectivity index is 0.000000772. The highest BCUT2D eigenvalue weighted by atomic mass is 16.2. The summed E-state index contributed by atoms with van der Waals surface area (Å²) in [7, 11) is 2.23. The van der Waals surface area contributed by atoms with Crippen LogP contribution in [-0.4, -0.2) is 122 Å². The monoisotopic (exact) mass is 928 g/mol. The van der Waals surface area contributed by atoms with Gasteiger partial charge in [-0.25, -0.2) is 0 Å². The van der Waals surface area contributed by atoms with Crippen molar-refractivity contribution in [2.24, 2.45) is 0 Å². The van der Waals surface area contributed by atoms with Crippen molar-refractivity contribution in [1.29, 1.82) is 0 Å². The second-order valence-corrected chi connectivity index (χ2v) is 21.4. The van der Waals surface area contributed by atoms with Gasteiger partial charge in [0.05, 0.1) is 6.54 Å². The maximum atomic E-state index is 13.5. The van der Waals surface area contributed by atoms with Crippen LogP contribution in [-0.2, 0) is 4.79 Å². The lowest BCUT2D eigenvalue weighted by Gasteiger charge is -2.34. The van der Waals surface area contributed by atoms with Crippen LogP contribution < -0.4 is 0 Å². The lowest BCUT2D eigenvalue weighted by atomic mass is 10.1. The number of hydrogen-bond acceptors (Lipinski definition) is 5. The van der Waals surface area contributed by atoms with Crippen molar-refractivity contribution in [2.45, 2.75) is 291 Å². The van der Waals surface area contributed by atoms with E-state index in [-0.39, 0.29) is 0 Å². The Bertz CT molecular complexity index is 998. The van der Waals surface area contributed by atoms with Crippen LogP contribution in [0.4, 0.5) is 0 Å². The summed E-state index contributed by atoms with van der Waals surface area (Å²) in [6.45, 7) is 25.9. The van der Waals surface area contributed by atoms with Crippen LogP contribution in [0, 0.1) is 0 Å². The topological polar surface area (TPSA) is 33.3 Å². The second kappa shape index (κ2) is 47.7. The minimum Gasteiger partial charge on any atom is -0.336 e. The van der Waals surface area contributed by atoms with E-state index in [1.807, 2.05) is 0 Å². The maximum Gasteiger partial charge on any atom is 0.237 e. The largest absolute Gasteiger partial charge is 0.336 e. The number of likely N-dealkylation sites (tertiary alicyclic amines) is 2. The zero-order chi connectivity index (χ0) is 48.0. The van der Waals surface area contributed by atoms with Gasteiger partial charge in [0.25, 0.3) is 0 Å². The number of nitrogens with zero attached hydrogens (tertiary/aromatic N) is 5. The van der Waals surface area contributed by atoms with E-state index in [2.05, 4.69) is 85.2 Å². The summed E-state index contributed by atoms with van der Waals surface area (Å²) in [4.78, 5) is 26.2. The van der Waals surface area contributed by atoms with Gasteiger partial charge >= 0.3 is 0 Å². The van der Waals surface area contributed by atoms with Crippen LogP contribution in [0.5, 0.6) is 0 Å². The highest BCUT2D eigenvalue weighted by Gasteiger charge is 2.43. The Labute approximate surface area is 416 Å². The fourth-order valence-electron chi connectivity index (χ4n) is 10.5. The van der Waals surface area contributed by atoms with E-state index in [0.717, 1.165) is 32.7 Å². The first-order valence-corrected chi connectivity index (χ1v) is 30.2. The van der Waals surface area contributed by atoms with Gasteiger partial charge in [-0.3, -0.25) is 19.5 Å². The number of fused-ring (bicyclic) bond motifs is 2. The van der Waals surface area contributed by atoms with Gasteiger partial charge < -0.3 is 9.80 Å². The number of carbonyl (C=O) groups is 1. The zero-order valence-corrected chi connectivity index (χ0v) is 46.4. The first-order valence-electron chi connectivity index (χ1n) is 30.2. The summed E-state index contributed by atoms with van der Waals surface area (Å²) in [5.41, 5.74) is 0. The molecule has 2 unspecified atom stereocenters. The van der Waals surface area contributed by atoms with Gasteiger partial charge in [-0.1, -0.05) is 246 Å². The lowest BCUT2D eigenvalue weighted by Crippen LogP contribution is -2.51. The third-order valence-electron chi connectivity index (χ3n) is 15.1. The van der Waals surface area contributed by atoms with Crippen LogP contribution in [0.3, 0.4) is 0 Å². The molecule has 0 saturated carbocycles. The molecular weight excluding hydrogens is 807 g/mol. The molecule has 2 rings (SSSR count). The number of allylic oxidation sites excluding steroid dienone is 1. The van der Waals surface area contributed by atoms with Crippen LogP contribution in [0.1, 0.15) is 279 Å². The van der Waals surface area contributed by atoms with Crippen molar-refractivity contribution in [3.63, 3.8) is 0 Å². The first kappa shape index (κ1) is 63.1. The van der Waals surface area contributed by atoms with Gasteiger partial charge in [-0.2, -0.15) is 0 Å². The normalized spacial score (nSPS) is 16.2. The van der Waals surface area contributed by atoms with Crippen LogP contribution in [0.15, 0.2) is 12.2 Å². The molecule has 0 aliphatic carbocycles. The lowest BCUT2D eigenvalue weighted by molar-refractivity contribution is -0.134. The Morgan fingerprint density at radius 3 is 1.06 bits per heavy atom. The SMILES string of the molecule is CC/C=C/CN(CCCCCCCCC)CCCCCCCCC.CCCCCCCCCN(CCCCCCCCC)CCN(CCCCCCCCC)CC(=O)N1CC2CC1CN2C. The number of hydrogen-bond donors (Lipinski definition) is 0. The van der Waals surface area contributed by atoms with E-state index in [0.29, 0.717) is 24.5 Å². The molecule has 6 nitrogen and oxygen atoms in total. The smallest absolute Gasteiger partial charge is 0.237 e. The Hall–Kier alpha value is -0.950. The molecule has 2 bridgehead atoms. The standard InChI is InChI=1S/C37H74N4O.C23H47N/c1-5-8-11-14-17-20-23-26-39(27-24-21-18-15-12-9-6-2)29-30-40(28-25-22-19-16-13-10-7-3)34-37(42)41-33-35-31-36(41)32-38(35)4;1-4-7-10-12-14-16-19-22-24(21-18-9-6-3)23-20-17-15-13-11-8-5-2/h35-36H,5-34H2,1-4H3;9,18H,4-8,10-17,19-23H2,1-3H3/b;18-9+. The van der Waals surface area contributed by atoms with Gasteiger partial charge in [-0.15, -0.1) is 0 Å². The minimum absolute atomic E-state index is 0.393. The molecule has 2 atom stereocenters. The summed E-state index contributed by atoms with van der Waals surface area (Å²) < 4.78 is 0. The second-order valence-electron chi connectivity index (χ2n) is 21.4. The fraction of sp³-hybridized carbons (Fsp3) is 0.950. The zero-order valence-electron chi connectivity index (χ0n) is 46.4. The predicted molar refractivity (Wildman–Crippen MR) is 295 cm³/mol. The molecule has 0 spiro atoms. The maximum absolute atomic E-state index is 13.5. The Morgan fingerprint density at radius 2 is 0.727 bits per heavy atom. The molecule has 2 saturated heterocycles. The van der Waals surface area contributed by atoms with E-state index in [1.54, 1.807) is 0 Å². The molecule has 392 valence electrons. The number of piperazine rings is 1. The minimum atomic E-state index is 0.393. The molecule has 66 heavy (non-hydrogen) atoms. The number of unbranched alkanes of at least 4 members (excludes halogenated alkanes) is 30. The van der Waals surface area contributed by atoms with Crippen molar-refractivity contribution < 1.29 is 4.79 Å². The van der Waals surface area contributed by atoms with E-state index in [4.69, 9.17) is 0 Å². The molecule has 6 heteroatoms. The highest BCUT2D eigenvalue weighted by Crippen LogP contribution is 2.29. The number of carbonyl (C=O) groups excluding carboxylic acids is 1. The van der Waals surface area contributed by atoms with E-state index < -0.39 is 0 Å². The highest BCUT2D eigenvalue weighted by molar-refractivity contribution is 5.79. The fourth-order valence-corrected chi connectivity index (χ4v) is 10.5. The molecule has 0 radical (unpaired) electrons. The van der Waals surface area contributed by atoms with E-state index >= 15 is 0 Å². The molecular formula is C60H121N5O. The molecule has 2 aliphatic heterocycles. The van der Waals surface area contributed by atoms with Crippen molar-refractivity contribution in [3.05, 3.63) is 12.2 Å². The van der Waals surface area contributed by atoms with Crippen LogP contribution in [0.25, 0.3) is 0 Å². The number of rotatable bonds is 48. The van der Waals surface area contributed by atoms with Crippen molar-refractivity contribution in [1.82, 2.24) is 24.5 Å². The summed E-state index contributed by atoms with van der Waals surface area (Å²) in [5, 5.41) is 0. The number of amides is 1. The Morgan fingerprint density at radius 1 is 0.394 bits per heavy atom. The van der Waals surface area contributed by atoms with Crippen molar-refractivity contribution in [2.75, 3.05) is 79.0 Å². The molecule has 2 fully saturated rings. The third-order valence-corrected chi connectivity index (χ3v) is 15.1. The summed E-state index contributed by atoms with van der Waals surface area (Å²) in [5.74, 6) is 0.393. The van der Waals surface area contributed by atoms with Crippen molar-refractivity contribution >= 4 is 5.91 Å². The summed E-state index contributed by atoms with van der Waals surface area (Å²) >= 11 is 0. The van der Waals surface area contributed by atoms with Gasteiger partial charge in [-0.05, 0) is 84.7 Å². The molecule has 0 aromatic heterocycles. The van der Waals surface area contributed by atoms with Crippen molar-refractivity contribution in [3.8, 4) is 0 Å². The molecule has 2 aliphatic rings. The van der Waals surface area contributed by atoms with Gasteiger partial charge in [0, 0.05) is 44.8 Å². The van der Waals surface area contributed by atoms with Gasteiger partial charge in [0.2, 0.25) is 5.91 Å². The quantitative estimate of drug-likeness (QED) is 0.0449. The Kier molecular flexibility index (Phi) is 45.6. The summed E-state index contributed by atoms with van der Waals surface area (Å²) in [6, 6.07) is 1.05. The molecule has 2 heterocycles. The summed E-state index contributed by atoms with van der Waals surface area (Å²) in [6.07, 6.45) is 55.6. The van der Waals surface area contributed by atoms with Gasteiger partial charge in [0.15, 0.2) is 0 Å². The van der Waals surface area contributed by atoms with E-state index in [1.165, 1.54) is 270 Å². The number of likely N-dealkylation sites (N-methyl/N-ethyl adjacent to an activating group) is 1. The first-order chi connectivity index (χ1) is 32.4. The molecule has 1 amide bonds. The van der Waals surface area contributed by atoms with E-state index in [9.17, 15) is 4.79 Å². The van der Waals surface area contributed by atoms with Crippen LogP contribution in [0.2, 0.25) is 0 Å². The molecule has 0 aromatic carbocycles. The average Bonchev–Trinajstić information content (AvgIpc) is 3.91. The average molecular weight is 929 g/mol. The van der Waals surface area contributed by atoms with Crippen LogP contribution >= 0.6 is 0 Å². The molecule has 0 aromatic rings. The predicted octanol–water partition coefficient (Wildman–Crippen LogP) is 16.5. The van der Waals surface area contributed by atoms with Gasteiger partial charge in [0.1, 0.15) is 0 Å².